The molecule has 0 saturated carbocycles. The van der Waals surface area contributed by atoms with Crippen molar-refractivity contribution < 1.29 is 0 Å². The summed E-state index contributed by atoms with van der Waals surface area (Å²) in [7, 11) is 0. The standard InChI is InChI=1S/C78H44N2S2/c1-5-19-45(20-6-1)51-29-17-30-52(46-21-7-2-8-22-46)71(51)49-35-37-55-63(39-49)79-65-41-60-62-44-70-74(58-28-14-16-34-68(58)82-70)76-56-38-36-50(72-53(47-23-9-3-10-24-47)31-18-32-54(72)48-25-11-4-12-26-48)40-64(56)80(78(62)76)66(60)42-59(65)61-43-69-73(75(55)77(61)79)57-27-13-15-33-67(57)81-69/h1-44H. The Kier molecular flexibility index (Phi) is 9.12. The number of nitrogens with zero attached hydrogens (tertiary/aromatic N) is 2. The third-order valence-electron chi connectivity index (χ3n) is 18.0. The van der Waals surface area contributed by atoms with E-state index in [4.69, 9.17) is 0 Å². The van der Waals surface area contributed by atoms with E-state index < -0.39 is 0 Å². The van der Waals surface area contributed by atoms with Gasteiger partial charge in [-0.2, -0.15) is 0 Å². The Morgan fingerprint density at radius 1 is 0.207 bits per heavy atom. The molecule has 6 aromatic heterocycles. The summed E-state index contributed by atoms with van der Waals surface area (Å²) < 4.78 is 10.6. The highest BCUT2D eigenvalue weighted by Gasteiger charge is 2.28. The molecule has 0 atom stereocenters. The van der Waals surface area contributed by atoms with E-state index in [-0.39, 0.29) is 0 Å². The lowest BCUT2D eigenvalue weighted by Crippen LogP contribution is -1.91. The summed E-state index contributed by atoms with van der Waals surface area (Å²) >= 11 is 3.83. The van der Waals surface area contributed by atoms with Crippen molar-refractivity contribution in [3.05, 3.63) is 267 Å². The molecule has 0 amide bonds. The Morgan fingerprint density at radius 2 is 0.549 bits per heavy atom. The van der Waals surface area contributed by atoms with E-state index in [1.165, 1.54) is 183 Å². The average molecular weight is 1070 g/mol. The lowest BCUT2D eigenvalue weighted by molar-refractivity contribution is 1.36. The van der Waals surface area contributed by atoms with Gasteiger partial charge in [-0.15, -0.1) is 22.7 Å². The zero-order valence-corrected chi connectivity index (χ0v) is 45.7. The predicted octanol–water partition coefficient (Wildman–Crippen LogP) is 22.7. The van der Waals surface area contributed by atoms with Crippen LogP contribution in [0.5, 0.6) is 0 Å². The second-order valence-corrected chi connectivity index (χ2v) is 24.3. The Morgan fingerprint density at radius 3 is 0.927 bits per heavy atom. The topological polar surface area (TPSA) is 8.82 Å². The molecule has 0 saturated heterocycles. The van der Waals surface area contributed by atoms with Crippen molar-refractivity contribution in [2.75, 3.05) is 0 Å². The molecule has 0 N–H and O–H groups in total. The zero-order chi connectivity index (χ0) is 53.3. The Bertz CT molecular complexity index is 5370. The maximum absolute atomic E-state index is 2.64. The molecule has 0 bridgehead atoms. The van der Waals surface area contributed by atoms with E-state index >= 15 is 0 Å². The molecule has 0 unspecified atom stereocenters. The summed E-state index contributed by atoms with van der Waals surface area (Å²) in [5, 5.41) is 15.7. The van der Waals surface area contributed by atoms with Crippen LogP contribution in [0.4, 0.5) is 0 Å². The fourth-order valence-electron chi connectivity index (χ4n) is 14.6. The molecule has 19 aromatic rings. The number of fused-ring (bicyclic) bond motifs is 20. The summed E-state index contributed by atoms with van der Waals surface area (Å²) in [5.74, 6) is 0. The van der Waals surface area contributed by atoms with Crippen molar-refractivity contribution in [2.24, 2.45) is 0 Å². The molecule has 0 aliphatic heterocycles. The highest BCUT2D eigenvalue weighted by Crippen LogP contribution is 2.53. The summed E-state index contributed by atoms with van der Waals surface area (Å²) in [6, 6.07) is 100. The summed E-state index contributed by atoms with van der Waals surface area (Å²) in [6.45, 7) is 0. The van der Waals surface area contributed by atoms with Gasteiger partial charge in [0.25, 0.3) is 0 Å². The fraction of sp³-hybridized carbons (Fsp3) is 0. The van der Waals surface area contributed by atoms with Gasteiger partial charge < -0.3 is 8.80 Å². The minimum Gasteiger partial charge on any atom is -0.308 e. The molecule has 378 valence electrons. The predicted molar refractivity (Wildman–Crippen MR) is 354 cm³/mol. The quantitative estimate of drug-likeness (QED) is 0.157. The first-order chi connectivity index (χ1) is 40.7. The number of aromatic nitrogens is 2. The molecule has 0 aliphatic carbocycles. The molecule has 13 aromatic carbocycles. The number of benzene rings is 13. The highest BCUT2D eigenvalue weighted by atomic mass is 32.1. The molecule has 0 aliphatic rings. The normalized spacial score (nSPS) is 12.4. The van der Waals surface area contributed by atoms with Crippen LogP contribution in [0.3, 0.4) is 0 Å². The van der Waals surface area contributed by atoms with E-state index in [0.29, 0.717) is 0 Å². The molecular formula is C78H44N2S2. The van der Waals surface area contributed by atoms with Crippen LogP contribution in [0.25, 0.3) is 183 Å². The molecule has 19 rings (SSSR count). The zero-order valence-electron chi connectivity index (χ0n) is 44.1. The Hall–Kier alpha value is -10.1. The van der Waals surface area contributed by atoms with Gasteiger partial charge in [-0.25, -0.2) is 0 Å². The van der Waals surface area contributed by atoms with E-state index in [2.05, 4.69) is 276 Å². The maximum atomic E-state index is 2.64. The highest BCUT2D eigenvalue weighted by molar-refractivity contribution is 7.26. The number of hydrogen-bond donors (Lipinski definition) is 0. The molecule has 0 spiro atoms. The smallest absolute Gasteiger partial charge is 0.0627 e. The molecule has 2 nitrogen and oxygen atoms in total. The van der Waals surface area contributed by atoms with Crippen LogP contribution in [-0.2, 0) is 0 Å². The molecule has 0 radical (unpaired) electrons. The molecule has 82 heavy (non-hydrogen) atoms. The first kappa shape index (κ1) is 44.7. The van der Waals surface area contributed by atoms with Gasteiger partial charge in [-0.05, 0) is 115 Å². The Labute approximate surface area is 478 Å². The lowest BCUT2D eigenvalue weighted by atomic mass is 9.87. The van der Waals surface area contributed by atoms with Crippen LogP contribution in [0.2, 0.25) is 0 Å². The minimum absolute atomic E-state index is 1.20. The van der Waals surface area contributed by atoms with Crippen molar-refractivity contribution in [1.82, 2.24) is 8.80 Å². The number of thiophene rings is 2. The van der Waals surface area contributed by atoms with Gasteiger partial charge in [0.05, 0.1) is 33.1 Å². The second kappa shape index (κ2) is 16.7. The molecule has 0 fully saturated rings. The van der Waals surface area contributed by atoms with Gasteiger partial charge in [0.1, 0.15) is 0 Å². The van der Waals surface area contributed by atoms with E-state index in [0.717, 1.165) is 0 Å². The SMILES string of the molecule is c1ccc(-c2cccc(-c3ccccc3)c2-c2ccc3c4c5c(cc6c7cc8c(cc7n(c3c2)c64)c2cc3sc4ccccc4c3c3c4ccc(-c6c(-c7ccccc7)cccc6-c6ccccc6)cc4n8c23)sc2ccccc25)cc1. The van der Waals surface area contributed by atoms with E-state index in [1.54, 1.807) is 0 Å². The lowest BCUT2D eigenvalue weighted by Gasteiger charge is -2.17. The van der Waals surface area contributed by atoms with Crippen LogP contribution in [-0.4, -0.2) is 8.80 Å². The first-order valence-electron chi connectivity index (χ1n) is 28.2. The number of rotatable bonds is 6. The Balaban J connectivity index is 0.961. The third-order valence-corrected chi connectivity index (χ3v) is 20.2. The van der Waals surface area contributed by atoms with Gasteiger partial charge in [-0.1, -0.05) is 218 Å². The van der Waals surface area contributed by atoms with E-state index in [1.807, 2.05) is 22.7 Å². The minimum atomic E-state index is 1.20. The van der Waals surface area contributed by atoms with Crippen molar-refractivity contribution in [3.8, 4) is 66.8 Å². The van der Waals surface area contributed by atoms with Crippen molar-refractivity contribution in [3.63, 3.8) is 0 Å². The number of hydrogen-bond acceptors (Lipinski definition) is 2. The largest absolute Gasteiger partial charge is 0.308 e. The second-order valence-electron chi connectivity index (χ2n) is 22.2. The summed E-state index contributed by atoms with van der Waals surface area (Å²) in [4.78, 5) is 0. The average Bonchev–Trinajstić information content (AvgIpc) is 1.95. The van der Waals surface area contributed by atoms with Crippen molar-refractivity contribution >= 4 is 139 Å². The molecule has 6 heterocycles. The van der Waals surface area contributed by atoms with Crippen LogP contribution < -0.4 is 0 Å². The molecule has 4 heteroatoms. The van der Waals surface area contributed by atoms with E-state index in [9.17, 15) is 0 Å². The molecular weight excluding hydrogens is 1030 g/mol. The van der Waals surface area contributed by atoms with Crippen molar-refractivity contribution in [2.45, 2.75) is 0 Å². The monoisotopic (exact) mass is 1070 g/mol. The summed E-state index contributed by atoms with van der Waals surface area (Å²) in [6.07, 6.45) is 0. The van der Waals surface area contributed by atoms with Gasteiger partial charge in [0.15, 0.2) is 0 Å². The van der Waals surface area contributed by atoms with Crippen LogP contribution in [0, 0.1) is 0 Å². The van der Waals surface area contributed by atoms with Gasteiger partial charge in [0, 0.05) is 83.4 Å². The van der Waals surface area contributed by atoms with Gasteiger partial charge in [-0.3, -0.25) is 0 Å². The first-order valence-corrected chi connectivity index (χ1v) is 29.9. The van der Waals surface area contributed by atoms with Crippen LogP contribution in [0.15, 0.2) is 267 Å². The van der Waals surface area contributed by atoms with Crippen molar-refractivity contribution in [1.29, 1.82) is 0 Å². The third kappa shape index (κ3) is 6.07. The van der Waals surface area contributed by atoms with Crippen LogP contribution in [0.1, 0.15) is 0 Å². The summed E-state index contributed by atoms with van der Waals surface area (Å²) in [5.41, 5.74) is 22.1. The van der Waals surface area contributed by atoms with Gasteiger partial charge in [0.2, 0.25) is 0 Å². The van der Waals surface area contributed by atoms with Gasteiger partial charge >= 0.3 is 0 Å². The van der Waals surface area contributed by atoms with Crippen LogP contribution >= 0.6 is 22.7 Å². The maximum Gasteiger partial charge on any atom is 0.0627 e. The fourth-order valence-corrected chi connectivity index (χ4v) is 16.9.